The Balaban J connectivity index is 1.85. The molecule has 1 aromatic carbocycles. The topological polar surface area (TPSA) is 75.1 Å². The van der Waals surface area contributed by atoms with Crippen LogP contribution in [0, 0.1) is 6.92 Å². The summed E-state index contributed by atoms with van der Waals surface area (Å²) in [5.74, 6) is 0.765. The minimum Gasteiger partial charge on any atom is -0.350 e. The molecule has 0 saturated heterocycles. The van der Waals surface area contributed by atoms with E-state index in [-0.39, 0.29) is 5.56 Å². The molecular formula is C13H11Cl2N5O. The third kappa shape index (κ3) is 2.86. The number of fused-ring (bicyclic) bond motifs is 1. The smallest absolute Gasteiger partial charge is 0.274 e. The van der Waals surface area contributed by atoms with Crippen molar-refractivity contribution < 1.29 is 0 Å². The molecule has 108 valence electrons. The van der Waals surface area contributed by atoms with Crippen LogP contribution in [0.1, 0.15) is 11.3 Å². The zero-order valence-electron chi connectivity index (χ0n) is 11.0. The van der Waals surface area contributed by atoms with Crippen LogP contribution < -0.4 is 10.9 Å². The van der Waals surface area contributed by atoms with E-state index in [9.17, 15) is 4.79 Å². The summed E-state index contributed by atoms with van der Waals surface area (Å²) in [6, 6.07) is 6.70. The van der Waals surface area contributed by atoms with E-state index in [1.54, 1.807) is 19.1 Å². The van der Waals surface area contributed by atoms with E-state index in [4.69, 9.17) is 23.2 Å². The zero-order valence-corrected chi connectivity index (χ0v) is 12.5. The molecule has 3 rings (SSSR count). The maximum atomic E-state index is 11.8. The van der Waals surface area contributed by atoms with Gasteiger partial charge in [-0.2, -0.15) is 9.50 Å². The molecule has 0 atom stereocenters. The normalized spacial score (nSPS) is 11.0. The van der Waals surface area contributed by atoms with Crippen molar-refractivity contribution in [3.63, 3.8) is 0 Å². The lowest BCUT2D eigenvalue weighted by Gasteiger charge is -2.05. The predicted octanol–water partition coefficient (Wildman–Crippen LogP) is 2.64. The van der Waals surface area contributed by atoms with Gasteiger partial charge in [-0.25, -0.2) is 4.98 Å². The SMILES string of the molecule is Cc1cc(=O)n2[nH]c(NCc3ccc(Cl)cc3Cl)nc2n1. The highest BCUT2D eigenvalue weighted by Gasteiger charge is 2.07. The van der Waals surface area contributed by atoms with Crippen LogP contribution in [0.4, 0.5) is 5.95 Å². The molecule has 8 heteroatoms. The number of hydrogen-bond acceptors (Lipinski definition) is 4. The lowest BCUT2D eigenvalue weighted by Crippen LogP contribution is -2.14. The Morgan fingerprint density at radius 2 is 2.10 bits per heavy atom. The average Bonchev–Trinajstić information content (AvgIpc) is 2.81. The Labute approximate surface area is 129 Å². The predicted molar refractivity (Wildman–Crippen MR) is 82.1 cm³/mol. The summed E-state index contributed by atoms with van der Waals surface area (Å²) in [5.41, 5.74) is 1.29. The summed E-state index contributed by atoms with van der Waals surface area (Å²) in [6.45, 7) is 2.19. The van der Waals surface area contributed by atoms with Gasteiger partial charge >= 0.3 is 0 Å². The first-order chi connectivity index (χ1) is 10.0. The molecule has 0 unspecified atom stereocenters. The molecule has 0 radical (unpaired) electrons. The molecule has 2 aromatic heterocycles. The van der Waals surface area contributed by atoms with E-state index in [1.807, 2.05) is 6.07 Å². The van der Waals surface area contributed by atoms with Crippen molar-refractivity contribution >= 4 is 34.9 Å². The first kappa shape index (κ1) is 13.9. The van der Waals surface area contributed by atoms with E-state index in [2.05, 4.69) is 20.4 Å². The monoisotopic (exact) mass is 323 g/mol. The number of aryl methyl sites for hydroxylation is 1. The Morgan fingerprint density at radius 3 is 2.86 bits per heavy atom. The molecule has 21 heavy (non-hydrogen) atoms. The molecule has 0 aliphatic rings. The fraction of sp³-hybridized carbons (Fsp3) is 0.154. The summed E-state index contributed by atoms with van der Waals surface area (Å²) in [7, 11) is 0. The Morgan fingerprint density at radius 1 is 1.29 bits per heavy atom. The van der Waals surface area contributed by atoms with Crippen LogP contribution in [-0.2, 0) is 6.54 Å². The number of nitrogens with zero attached hydrogens (tertiary/aromatic N) is 3. The van der Waals surface area contributed by atoms with Crippen molar-refractivity contribution in [2.45, 2.75) is 13.5 Å². The van der Waals surface area contributed by atoms with Crippen molar-refractivity contribution in [2.24, 2.45) is 0 Å². The largest absolute Gasteiger partial charge is 0.350 e. The minimum atomic E-state index is -0.206. The number of benzene rings is 1. The van der Waals surface area contributed by atoms with Gasteiger partial charge in [0.1, 0.15) is 0 Å². The van der Waals surface area contributed by atoms with Gasteiger partial charge in [0.25, 0.3) is 11.3 Å². The van der Waals surface area contributed by atoms with Gasteiger partial charge in [0.05, 0.1) is 0 Å². The summed E-state index contributed by atoms with van der Waals surface area (Å²) in [4.78, 5) is 20.2. The summed E-state index contributed by atoms with van der Waals surface area (Å²) in [6.07, 6.45) is 0. The van der Waals surface area contributed by atoms with Crippen molar-refractivity contribution in [1.82, 2.24) is 19.6 Å². The molecule has 0 fully saturated rings. The number of aromatic amines is 1. The van der Waals surface area contributed by atoms with Crippen LogP contribution in [0.5, 0.6) is 0 Å². The fourth-order valence-electron chi connectivity index (χ4n) is 1.92. The first-order valence-corrected chi connectivity index (χ1v) is 6.93. The third-order valence-electron chi connectivity index (χ3n) is 2.92. The first-order valence-electron chi connectivity index (χ1n) is 6.17. The lowest BCUT2D eigenvalue weighted by molar-refractivity contribution is 0.886. The molecule has 0 amide bonds. The van der Waals surface area contributed by atoms with Crippen molar-refractivity contribution in [3.05, 3.63) is 55.9 Å². The standard InChI is InChI=1S/C13H11Cl2N5O/c1-7-4-11(21)20-13(17-7)18-12(19-20)16-6-8-2-3-9(14)5-10(8)15/h2-5H,6H2,1H3,(H2,16,17,18,19). The number of anilines is 1. The molecule has 0 saturated carbocycles. The Bertz CT molecular complexity index is 871. The maximum Gasteiger partial charge on any atom is 0.274 e. The highest BCUT2D eigenvalue weighted by molar-refractivity contribution is 6.35. The van der Waals surface area contributed by atoms with Crippen molar-refractivity contribution in [1.29, 1.82) is 0 Å². The molecule has 0 bridgehead atoms. The summed E-state index contributed by atoms with van der Waals surface area (Å²) < 4.78 is 1.28. The molecular weight excluding hydrogens is 313 g/mol. The number of rotatable bonds is 3. The number of aromatic nitrogens is 4. The van der Waals surface area contributed by atoms with E-state index in [0.29, 0.717) is 34.0 Å². The molecule has 2 heterocycles. The second kappa shape index (κ2) is 5.38. The number of hydrogen-bond donors (Lipinski definition) is 2. The summed E-state index contributed by atoms with van der Waals surface area (Å²) in [5, 5.41) is 7.05. The molecule has 0 aliphatic heterocycles. The lowest BCUT2D eigenvalue weighted by atomic mass is 10.2. The van der Waals surface area contributed by atoms with E-state index in [0.717, 1.165) is 5.56 Å². The van der Waals surface area contributed by atoms with E-state index >= 15 is 0 Å². The third-order valence-corrected chi connectivity index (χ3v) is 3.51. The van der Waals surface area contributed by atoms with Crippen LogP contribution in [0.3, 0.4) is 0 Å². The number of H-pyrrole nitrogens is 1. The zero-order chi connectivity index (χ0) is 15.0. The van der Waals surface area contributed by atoms with Gasteiger partial charge in [0, 0.05) is 28.4 Å². The molecule has 3 aromatic rings. The molecule has 6 nitrogen and oxygen atoms in total. The van der Waals surface area contributed by atoms with Crippen molar-refractivity contribution in [3.8, 4) is 0 Å². The average molecular weight is 324 g/mol. The quantitative estimate of drug-likeness (QED) is 0.777. The van der Waals surface area contributed by atoms with Crippen LogP contribution in [-0.4, -0.2) is 19.6 Å². The van der Waals surface area contributed by atoms with E-state index < -0.39 is 0 Å². The highest BCUT2D eigenvalue weighted by Crippen LogP contribution is 2.21. The van der Waals surface area contributed by atoms with Gasteiger partial charge < -0.3 is 5.32 Å². The van der Waals surface area contributed by atoms with Crippen LogP contribution in [0.25, 0.3) is 5.78 Å². The fourth-order valence-corrected chi connectivity index (χ4v) is 2.39. The number of nitrogens with one attached hydrogen (secondary N) is 2. The maximum absolute atomic E-state index is 11.8. The second-order valence-corrected chi connectivity index (χ2v) is 5.38. The van der Waals surface area contributed by atoms with Crippen molar-refractivity contribution in [2.75, 3.05) is 5.32 Å². The van der Waals surface area contributed by atoms with E-state index in [1.165, 1.54) is 10.6 Å². The second-order valence-electron chi connectivity index (χ2n) is 4.53. The minimum absolute atomic E-state index is 0.206. The molecule has 0 spiro atoms. The van der Waals surface area contributed by atoms with Crippen LogP contribution in [0.2, 0.25) is 10.0 Å². The number of halogens is 2. The highest BCUT2D eigenvalue weighted by atomic mass is 35.5. The van der Waals surface area contributed by atoms with Gasteiger partial charge in [-0.3, -0.25) is 9.89 Å². The molecule has 0 aliphatic carbocycles. The molecule has 2 N–H and O–H groups in total. The van der Waals surface area contributed by atoms with Gasteiger partial charge in [0.15, 0.2) is 0 Å². The van der Waals surface area contributed by atoms with Gasteiger partial charge in [-0.05, 0) is 24.6 Å². The van der Waals surface area contributed by atoms with Crippen LogP contribution >= 0.6 is 23.2 Å². The van der Waals surface area contributed by atoms with Crippen LogP contribution in [0.15, 0.2) is 29.1 Å². The van der Waals surface area contributed by atoms with Gasteiger partial charge in [0.2, 0.25) is 5.95 Å². The summed E-state index contributed by atoms with van der Waals surface area (Å²) >= 11 is 11.9. The van der Waals surface area contributed by atoms with Gasteiger partial charge in [-0.1, -0.05) is 29.3 Å². The Kier molecular flexibility index (Phi) is 3.57. The Hall–Kier alpha value is -2.05. The van der Waals surface area contributed by atoms with Gasteiger partial charge in [-0.15, -0.1) is 0 Å².